The van der Waals surface area contributed by atoms with E-state index in [4.69, 9.17) is 4.99 Å². The van der Waals surface area contributed by atoms with Gasteiger partial charge >= 0.3 is 0 Å². The van der Waals surface area contributed by atoms with Gasteiger partial charge in [0.25, 0.3) is 0 Å². The Morgan fingerprint density at radius 1 is 1.23 bits per heavy atom. The molecule has 0 amide bonds. The van der Waals surface area contributed by atoms with Crippen LogP contribution in [0.2, 0.25) is 0 Å². The van der Waals surface area contributed by atoms with E-state index >= 15 is 0 Å². The first-order chi connectivity index (χ1) is 12.5. The fraction of sp³-hybridized carbons (Fsp3) is 0.667. The van der Waals surface area contributed by atoms with Gasteiger partial charge in [-0.15, -0.1) is 0 Å². The first-order valence-electron chi connectivity index (χ1n) is 10.1. The highest BCUT2D eigenvalue weighted by Gasteiger charge is 2.44. The van der Waals surface area contributed by atoms with Crippen LogP contribution in [0.3, 0.4) is 0 Å². The van der Waals surface area contributed by atoms with Crippen molar-refractivity contribution in [1.82, 2.24) is 15.5 Å². The van der Waals surface area contributed by atoms with Gasteiger partial charge in [0.1, 0.15) is 5.82 Å². The summed E-state index contributed by atoms with van der Waals surface area (Å²) in [6.07, 6.45) is 4.58. The highest BCUT2D eigenvalue weighted by Crippen LogP contribution is 2.48. The molecule has 144 valence electrons. The second kappa shape index (κ2) is 8.38. The van der Waals surface area contributed by atoms with Crippen molar-refractivity contribution >= 4 is 5.96 Å². The molecule has 26 heavy (non-hydrogen) atoms. The zero-order valence-corrected chi connectivity index (χ0v) is 16.4. The molecule has 1 saturated carbocycles. The zero-order chi connectivity index (χ0) is 18.6. The van der Waals surface area contributed by atoms with E-state index in [2.05, 4.69) is 36.3 Å². The number of rotatable bonds is 6. The summed E-state index contributed by atoms with van der Waals surface area (Å²) >= 11 is 0. The van der Waals surface area contributed by atoms with E-state index in [1.54, 1.807) is 12.1 Å². The lowest BCUT2D eigenvalue weighted by atomic mass is 9.96. The third-order valence-corrected chi connectivity index (χ3v) is 5.79. The predicted octanol–water partition coefficient (Wildman–Crippen LogP) is 3.29. The van der Waals surface area contributed by atoms with Gasteiger partial charge in [-0.05, 0) is 64.2 Å². The van der Waals surface area contributed by atoms with E-state index in [1.807, 2.05) is 12.1 Å². The molecule has 0 atom stereocenters. The summed E-state index contributed by atoms with van der Waals surface area (Å²) in [5, 5.41) is 7.02. The lowest BCUT2D eigenvalue weighted by molar-refractivity contribution is 0.167. The van der Waals surface area contributed by atoms with Crippen LogP contribution in [0.1, 0.15) is 52.0 Å². The summed E-state index contributed by atoms with van der Waals surface area (Å²) in [5.74, 6) is 0.750. The van der Waals surface area contributed by atoms with Crippen molar-refractivity contribution in [2.24, 2.45) is 4.99 Å². The molecule has 1 aromatic rings. The monoisotopic (exact) mass is 360 g/mol. The van der Waals surface area contributed by atoms with Crippen molar-refractivity contribution in [2.45, 2.75) is 64.0 Å². The van der Waals surface area contributed by atoms with Crippen LogP contribution in [0.25, 0.3) is 0 Å². The summed E-state index contributed by atoms with van der Waals surface area (Å²) in [4.78, 5) is 7.42. The molecule has 2 aliphatic rings. The van der Waals surface area contributed by atoms with Gasteiger partial charge in [0, 0.05) is 37.1 Å². The minimum Gasteiger partial charge on any atom is -0.357 e. The van der Waals surface area contributed by atoms with Crippen LogP contribution in [0.15, 0.2) is 29.3 Å². The Hall–Kier alpha value is -1.62. The van der Waals surface area contributed by atoms with Gasteiger partial charge in [-0.3, -0.25) is 4.99 Å². The van der Waals surface area contributed by atoms with Gasteiger partial charge < -0.3 is 15.5 Å². The standard InChI is InChI=1S/C21H33FN4/c1-4-23-20(25-19-9-13-26(14-10-19)16(2)3)24-15-21(11-12-21)17-5-7-18(22)8-6-17/h5-8,16,19H,4,9-15H2,1-3H3,(H2,23,24,25). The predicted molar refractivity (Wildman–Crippen MR) is 106 cm³/mol. The third-order valence-electron chi connectivity index (χ3n) is 5.79. The molecule has 0 aromatic heterocycles. The maximum Gasteiger partial charge on any atom is 0.191 e. The summed E-state index contributed by atoms with van der Waals surface area (Å²) in [5.41, 5.74) is 1.32. The summed E-state index contributed by atoms with van der Waals surface area (Å²) in [6.45, 7) is 10.6. The van der Waals surface area contributed by atoms with E-state index in [0.29, 0.717) is 12.1 Å². The van der Waals surface area contributed by atoms with Gasteiger partial charge in [-0.25, -0.2) is 4.39 Å². The first-order valence-corrected chi connectivity index (χ1v) is 10.1. The Labute approximate surface area is 157 Å². The fourth-order valence-corrected chi connectivity index (χ4v) is 3.80. The van der Waals surface area contributed by atoms with Gasteiger partial charge in [-0.1, -0.05) is 12.1 Å². The van der Waals surface area contributed by atoms with Crippen molar-refractivity contribution in [1.29, 1.82) is 0 Å². The molecule has 2 fully saturated rings. The molecule has 1 aromatic carbocycles. The van der Waals surface area contributed by atoms with Crippen LogP contribution in [-0.4, -0.2) is 49.1 Å². The number of guanidine groups is 1. The van der Waals surface area contributed by atoms with Crippen LogP contribution in [0, 0.1) is 5.82 Å². The van der Waals surface area contributed by atoms with E-state index in [1.165, 1.54) is 5.56 Å². The number of halogens is 1. The highest BCUT2D eigenvalue weighted by molar-refractivity contribution is 5.80. The van der Waals surface area contributed by atoms with Crippen LogP contribution in [0.4, 0.5) is 4.39 Å². The number of hydrogen-bond acceptors (Lipinski definition) is 2. The van der Waals surface area contributed by atoms with Crippen LogP contribution >= 0.6 is 0 Å². The Kier molecular flexibility index (Phi) is 6.17. The summed E-state index contributed by atoms with van der Waals surface area (Å²) < 4.78 is 13.2. The van der Waals surface area contributed by atoms with Crippen molar-refractivity contribution in [3.63, 3.8) is 0 Å². The quantitative estimate of drug-likeness (QED) is 0.604. The first kappa shape index (κ1) is 19.2. The third kappa shape index (κ3) is 4.76. The molecule has 5 heteroatoms. The van der Waals surface area contributed by atoms with Crippen LogP contribution in [0.5, 0.6) is 0 Å². The molecule has 1 saturated heterocycles. The topological polar surface area (TPSA) is 39.7 Å². The molecule has 1 aliphatic carbocycles. The van der Waals surface area contributed by atoms with Crippen molar-refractivity contribution in [3.05, 3.63) is 35.6 Å². The number of nitrogens with one attached hydrogen (secondary N) is 2. The van der Waals surface area contributed by atoms with E-state index in [0.717, 1.165) is 57.8 Å². The Morgan fingerprint density at radius 3 is 2.42 bits per heavy atom. The van der Waals surface area contributed by atoms with Crippen molar-refractivity contribution in [3.8, 4) is 0 Å². The molecule has 0 spiro atoms. The molecule has 0 bridgehead atoms. The molecule has 1 aliphatic heterocycles. The lowest BCUT2D eigenvalue weighted by Crippen LogP contribution is -2.50. The maximum atomic E-state index is 13.2. The smallest absolute Gasteiger partial charge is 0.191 e. The van der Waals surface area contributed by atoms with Crippen molar-refractivity contribution in [2.75, 3.05) is 26.2 Å². The second-order valence-electron chi connectivity index (χ2n) is 8.03. The molecule has 1 heterocycles. The number of likely N-dealkylation sites (tertiary alicyclic amines) is 1. The molecule has 0 unspecified atom stereocenters. The van der Waals surface area contributed by atoms with E-state index < -0.39 is 0 Å². The van der Waals surface area contributed by atoms with Crippen molar-refractivity contribution < 1.29 is 4.39 Å². The van der Waals surface area contributed by atoms with E-state index in [9.17, 15) is 4.39 Å². The minimum atomic E-state index is -0.171. The van der Waals surface area contributed by atoms with Gasteiger partial charge in [0.05, 0.1) is 6.54 Å². The van der Waals surface area contributed by atoms with Crippen LogP contribution in [-0.2, 0) is 5.41 Å². The number of hydrogen-bond donors (Lipinski definition) is 2. The molecule has 4 nitrogen and oxygen atoms in total. The van der Waals surface area contributed by atoms with Gasteiger partial charge in [0.15, 0.2) is 5.96 Å². The second-order valence-corrected chi connectivity index (χ2v) is 8.03. The average Bonchev–Trinajstić information content (AvgIpc) is 3.42. The number of piperidine rings is 1. The van der Waals surface area contributed by atoms with E-state index in [-0.39, 0.29) is 11.2 Å². The average molecular weight is 361 g/mol. The number of aliphatic imine (C=N–C) groups is 1. The summed E-state index contributed by atoms with van der Waals surface area (Å²) in [6, 6.07) is 8.07. The SMILES string of the molecule is CCNC(=NCC1(c2ccc(F)cc2)CC1)NC1CCN(C(C)C)CC1. The Bertz CT molecular complexity index is 599. The zero-order valence-electron chi connectivity index (χ0n) is 16.4. The fourth-order valence-electron chi connectivity index (χ4n) is 3.80. The number of benzene rings is 1. The Morgan fingerprint density at radius 2 is 1.88 bits per heavy atom. The molecular weight excluding hydrogens is 327 g/mol. The largest absolute Gasteiger partial charge is 0.357 e. The number of nitrogens with zero attached hydrogens (tertiary/aromatic N) is 2. The summed E-state index contributed by atoms with van der Waals surface area (Å²) in [7, 11) is 0. The van der Waals surface area contributed by atoms with Crippen LogP contribution < -0.4 is 10.6 Å². The molecule has 3 rings (SSSR count). The maximum absolute atomic E-state index is 13.2. The molecular formula is C21H33FN4. The lowest BCUT2D eigenvalue weighted by Gasteiger charge is -2.35. The minimum absolute atomic E-state index is 0.108. The van der Waals surface area contributed by atoms with Gasteiger partial charge in [-0.2, -0.15) is 0 Å². The Balaban J connectivity index is 1.58. The highest BCUT2D eigenvalue weighted by atomic mass is 19.1. The molecule has 2 N–H and O–H groups in total. The van der Waals surface area contributed by atoms with Gasteiger partial charge in [0.2, 0.25) is 0 Å². The molecule has 0 radical (unpaired) electrons. The normalized spacial score (nSPS) is 21.0.